The lowest BCUT2D eigenvalue weighted by molar-refractivity contribution is 0.424. The van der Waals surface area contributed by atoms with Crippen molar-refractivity contribution in [3.8, 4) is 0 Å². The third kappa shape index (κ3) is 5.34. The zero-order valence-electron chi connectivity index (χ0n) is 12.9. The molecule has 0 bridgehead atoms. The van der Waals surface area contributed by atoms with Gasteiger partial charge in [-0.1, -0.05) is 35.5 Å². The molecule has 112 valence electrons. The predicted molar refractivity (Wildman–Crippen MR) is 91.1 cm³/mol. The SMILES string of the molecule is Cc1cc(CNC(C)(C)C)ccc1Sc1ccc(Cl)cn1. The molecule has 2 rings (SSSR count). The monoisotopic (exact) mass is 320 g/mol. The lowest BCUT2D eigenvalue weighted by atomic mass is 10.1. The van der Waals surface area contributed by atoms with Crippen LogP contribution in [0.15, 0.2) is 46.5 Å². The summed E-state index contributed by atoms with van der Waals surface area (Å²) >= 11 is 7.52. The normalized spacial score (nSPS) is 11.7. The molecule has 1 aromatic carbocycles. The maximum Gasteiger partial charge on any atom is 0.101 e. The van der Waals surface area contributed by atoms with Gasteiger partial charge in [-0.25, -0.2) is 4.98 Å². The third-order valence-electron chi connectivity index (χ3n) is 2.98. The molecule has 2 aromatic rings. The van der Waals surface area contributed by atoms with Gasteiger partial charge in [-0.05, 0) is 57.0 Å². The smallest absolute Gasteiger partial charge is 0.101 e. The van der Waals surface area contributed by atoms with Gasteiger partial charge in [0, 0.05) is 23.2 Å². The summed E-state index contributed by atoms with van der Waals surface area (Å²) in [4.78, 5) is 5.55. The highest BCUT2D eigenvalue weighted by Crippen LogP contribution is 2.29. The van der Waals surface area contributed by atoms with E-state index >= 15 is 0 Å². The summed E-state index contributed by atoms with van der Waals surface area (Å²) in [5.74, 6) is 0. The second-order valence-electron chi connectivity index (χ2n) is 6.12. The minimum absolute atomic E-state index is 0.133. The van der Waals surface area contributed by atoms with Gasteiger partial charge >= 0.3 is 0 Å². The second-order valence-corrected chi connectivity index (χ2v) is 7.62. The molecule has 0 aliphatic carbocycles. The van der Waals surface area contributed by atoms with E-state index in [1.807, 2.05) is 12.1 Å². The van der Waals surface area contributed by atoms with Crippen molar-refractivity contribution in [3.63, 3.8) is 0 Å². The van der Waals surface area contributed by atoms with Crippen LogP contribution < -0.4 is 5.32 Å². The number of benzene rings is 1. The number of hydrogen-bond donors (Lipinski definition) is 1. The largest absolute Gasteiger partial charge is 0.308 e. The Morgan fingerprint density at radius 2 is 1.95 bits per heavy atom. The fraction of sp³-hybridized carbons (Fsp3) is 0.353. The highest BCUT2D eigenvalue weighted by atomic mass is 35.5. The average molecular weight is 321 g/mol. The number of rotatable bonds is 4. The van der Waals surface area contributed by atoms with Crippen molar-refractivity contribution in [3.05, 3.63) is 52.7 Å². The standard InChI is InChI=1S/C17H21ClN2S/c1-12-9-13(10-20-17(2,3)4)5-7-15(12)21-16-8-6-14(18)11-19-16/h5-9,11,20H,10H2,1-4H3. The molecular formula is C17H21ClN2S. The average Bonchev–Trinajstić information content (AvgIpc) is 2.41. The lowest BCUT2D eigenvalue weighted by Gasteiger charge is -2.21. The maximum atomic E-state index is 5.86. The van der Waals surface area contributed by atoms with Crippen LogP contribution in [0.25, 0.3) is 0 Å². The Morgan fingerprint density at radius 3 is 2.52 bits per heavy atom. The van der Waals surface area contributed by atoms with Crippen LogP contribution in [0.4, 0.5) is 0 Å². The van der Waals surface area contributed by atoms with Crippen molar-refractivity contribution in [2.24, 2.45) is 0 Å². The summed E-state index contributed by atoms with van der Waals surface area (Å²) < 4.78 is 0. The first-order valence-electron chi connectivity index (χ1n) is 6.97. The zero-order chi connectivity index (χ0) is 15.5. The third-order valence-corrected chi connectivity index (χ3v) is 4.33. The Labute approximate surface area is 136 Å². The molecule has 0 saturated heterocycles. The molecule has 21 heavy (non-hydrogen) atoms. The van der Waals surface area contributed by atoms with E-state index in [1.165, 1.54) is 16.0 Å². The van der Waals surface area contributed by atoms with Crippen molar-refractivity contribution in [1.82, 2.24) is 10.3 Å². The van der Waals surface area contributed by atoms with E-state index in [4.69, 9.17) is 11.6 Å². The Balaban J connectivity index is 2.07. The summed E-state index contributed by atoms with van der Waals surface area (Å²) in [5.41, 5.74) is 2.70. The molecule has 0 aliphatic rings. The highest BCUT2D eigenvalue weighted by molar-refractivity contribution is 7.99. The summed E-state index contributed by atoms with van der Waals surface area (Å²) in [5, 5.41) is 5.13. The van der Waals surface area contributed by atoms with E-state index in [9.17, 15) is 0 Å². The van der Waals surface area contributed by atoms with Crippen molar-refractivity contribution < 1.29 is 0 Å². The minimum atomic E-state index is 0.133. The number of pyridine rings is 1. The van der Waals surface area contributed by atoms with Gasteiger partial charge in [0.1, 0.15) is 5.03 Å². The minimum Gasteiger partial charge on any atom is -0.308 e. The Kier molecular flexibility index (Phi) is 5.31. The van der Waals surface area contributed by atoms with Gasteiger partial charge in [-0.2, -0.15) is 0 Å². The van der Waals surface area contributed by atoms with E-state index < -0.39 is 0 Å². The van der Waals surface area contributed by atoms with Gasteiger partial charge in [0.25, 0.3) is 0 Å². The molecular weight excluding hydrogens is 300 g/mol. The molecule has 1 aromatic heterocycles. The fourth-order valence-corrected chi connectivity index (χ4v) is 2.77. The van der Waals surface area contributed by atoms with Gasteiger partial charge < -0.3 is 5.32 Å². The Morgan fingerprint density at radius 1 is 1.19 bits per heavy atom. The molecule has 1 N–H and O–H groups in total. The summed E-state index contributed by atoms with van der Waals surface area (Å²) in [7, 11) is 0. The topological polar surface area (TPSA) is 24.9 Å². The van der Waals surface area contributed by atoms with Crippen molar-refractivity contribution in [2.45, 2.75) is 49.7 Å². The Hall–Kier alpha value is -1.03. The number of nitrogens with one attached hydrogen (secondary N) is 1. The quantitative estimate of drug-likeness (QED) is 0.850. The van der Waals surface area contributed by atoms with Crippen LogP contribution in [0, 0.1) is 6.92 Å². The fourth-order valence-electron chi connectivity index (χ4n) is 1.84. The lowest BCUT2D eigenvalue weighted by Crippen LogP contribution is -2.35. The molecule has 2 nitrogen and oxygen atoms in total. The molecule has 0 atom stereocenters. The number of aryl methyl sites for hydroxylation is 1. The van der Waals surface area contributed by atoms with Crippen LogP contribution in [0.5, 0.6) is 0 Å². The molecule has 0 aliphatic heterocycles. The van der Waals surface area contributed by atoms with Crippen LogP contribution in [0.1, 0.15) is 31.9 Å². The maximum absolute atomic E-state index is 5.86. The van der Waals surface area contributed by atoms with Crippen LogP contribution in [0.3, 0.4) is 0 Å². The highest BCUT2D eigenvalue weighted by Gasteiger charge is 2.09. The van der Waals surface area contributed by atoms with E-state index in [0.717, 1.165) is 11.6 Å². The molecule has 4 heteroatoms. The van der Waals surface area contributed by atoms with Gasteiger partial charge in [-0.3, -0.25) is 0 Å². The van der Waals surface area contributed by atoms with Gasteiger partial charge in [0.2, 0.25) is 0 Å². The van der Waals surface area contributed by atoms with Crippen molar-refractivity contribution >= 4 is 23.4 Å². The van der Waals surface area contributed by atoms with Crippen LogP contribution >= 0.6 is 23.4 Å². The van der Waals surface area contributed by atoms with Gasteiger partial charge in [0.15, 0.2) is 0 Å². The first-order valence-corrected chi connectivity index (χ1v) is 8.17. The van der Waals surface area contributed by atoms with Crippen LogP contribution in [0.2, 0.25) is 5.02 Å². The molecule has 0 amide bonds. The molecule has 0 saturated carbocycles. The second kappa shape index (κ2) is 6.82. The summed E-state index contributed by atoms with van der Waals surface area (Å²) in [6.45, 7) is 9.55. The summed E-state index contributed by atoms with van der Waals surface area (Å²) in [6.07, 6.45) is 1.68. The molecule has 0 fully saturated rings. The molecule has 1 heterocycles. The van der Waals surface area contributed by atoms with E-state index in [1.54, 1.807) is 18.0 Å². The van der Waals surface area contributed by atoms with Crippen LogP contribution in [-0.4, -0.2) is 10.5 Å². The van der Waals surface area contributed by atoms with E-state index in [-0.39, 0.29) is 5.54 Å². The molecule has 0 radical (unpaired) electrons. The predicted octanol–water partition coefficient (Wildman–Crippen LogP) is 5.08. The van der Waals surface area contributed by atoms with Crippen LogP contribution in [-0.2, 0) is 6.54 Å². The van der Waals surface area contributed by atoms with Gasteiger partial charge in [-0.15, -0.1) is 0 Å². The molecule has 0 unspecified atom stereocenters. The first-order chi connectivity index (χ1) is 9.83. The molecule has 0 spiro atoms. The Bertz CT molecular complexity index is 603. The number of hydrogen-bond acceptors (Lipinski definition) is 3. The first kappa shape index (κ1) is 16.3. The van der Waals surface area contributed by atoms with Crippen molar-refractivity contribution in [1.29, 1.82) is 0 Å². The number of nitrogens with zero attached hydrogens (tertiary/aromatic N) is 1. The number of aromatic nitrogens is 1. The summed E-state index contributed by atoms with van der Waals surface area (Å²) in [6, 6.07) is 10.4. The zero-order valence-corrected chi connectivity index (χ0v) is 14.5. The van der Waals surface area contributed by atoms with Crippen molar-refractivity contribution in [2.75, 3.05) is 0 Å². The van der Waals surface area contributed by atoms with E-state index in [2.05, 4.69) is 56.2 Å². The number of halogens is 1. The van der Waals surface area contributed by atoms with Gasteiger partial charge in [0.05, 0.1) is 5.02 Å². The van der Waals surface area contributed by atoms with E-state index in [0.29, 0.717) is 5.02 Å².